The molecule has 1 N–H and O–H groups in total. The van der Waals surface area contributed by atoms with Crippen LogP contribution in [0.2, 0.25) is 0 Å². The minimum absolute atomic E-state index is 0.566. The standard InChI is InChI=1S/C22H32N2O/c1-4-23-15-18-9-11-24(12-10-18)16-17(2)19-5-6-21-14-22(25-3)8-7-20(21)13-19/h5-8,13-14,17-18,23H,4,9-12,15-16H2,1-3H3. The van der Waals surface area contributed by atoms with E-state index < -0.39 is 0 Å². The number of rotatable bonds is 7. The molecule has 1 fully saturated rings. The molecule has 1 saturated heterocycles. The molecule has 0 amide bonds. The number of nitrogens with one attached hydrogen (secondary N) is 1. The molecule has 25 heavy (non-hydrogen) atoms. The molecule has 3 nitrogen and oxygen atoms in total. The van der Waals surface area contributed by atoms with Crippen LogP contribution in [0.3, 0.4) is 0 Å². The summed E-state index contributed by atoms with van der Waals surface area (Å²) in [4.78, 5) is 2.64. The van der Waals surface area contributed by atoms with E-state index in [0.29, 0.717) is 5.92 Å². The molecule has 0 radical (unpaired) electrons. The molecule has 136 valence electrons. The SMILES string of the molecule is CCNCC1CCN(CC(C)c2ccc3cc(OC)ccc3c2)CC1. The topological polar surface area (TPSA) is 24.5 Å². The van der Waals surface area contributed by atoms with Gasteiger partial charge in [-0.3, -0.25) is 0 Å². The lowest BCUT2D eigenvalue weighted by atomic mass is 9.93. The maximum absolute atomic E-state index is 5.32. The zero-order valence-electron chi connectivity index (χ0n) is 15.9. The van der Waals surface area contributed by atoms with Gasteiger partial charge < -0.3 is 15.0 Å². The van der Waals surface area contributed by atoms with Crippen LogP contribution in [0.1, 0.15) is 38.2 Å². The van der Waals surface area contributed by atoms with Gasteiger partial charge in [-0.1, -0.05) is 38.1 Å². The molecule has 1 unspecified atom stereocenters. The van der Waals surface area contributed by atoms with Crippen LogP contribution in [0.15, 0.2) is 36.4 Å². The first-order chi connectivity index (χ1) is 12.2. The van der Waals surface area contributed by atoms with Gasteiger partial charge in [-0.15, -0.1) is 0 Å². The van der Waals surface area contributed by atoms with Gasteiger partial charge in [-0.05, 0) is 79.3 Å². The number of likely N-dealkylation sites (tertiary alicyclic amines) is 1. The number of ether oxygens (including phenoxy) is 1. The van der Waals surface area contributed by atoms with E-state index in [1.807, 2.05) is 6.07 Å². The van der Waals surface area contributed by atoms with Gasteiger partial charge in [0.1, 0.15) is 5.75 Å². The van der Waals surface area contributed by atoms with Crippen LogP contribution in [0.4, 0.5) is 0 Å². The molecule has 1 aliphatic heterocycles. The molecule has 2 aromatic carbocycles. The highest BCUT2D eigenvalue weighted by Crippen LogP contribution is 2.26. The van der Waals surface area contributed by atoms with E-state index in [4.69, 9.17) is 4.74 Å². The normalized spacial score (nSPS) is 17.7. The Labute approximate surface area is 152 Å². The minimum Gasteiger partial charge on any atom is -0.497 e. The number of hydrogen-bond acceptors (Lipinski definition) is 3. The van der Waals surface area contributed by atoms with Crippen LogP contribution in [0, 0.1) is 5.92 Å². The van der Waals surface area contributed by atoms with Crippen molar-refractivity contribution in [2.24, 2.45) is 5.92 Å². The molecule has 3 rings (SSSR count). The van der Waals surface area contributed by atoms with Crippen LogP contribution in [-0.4, -0.2) is 44.7 Å². The van der Waals surface area contributed by atoms with Crippen molar-refractivity contribution >= 4 is 10.8 Å². The zero-order valence-corrected chi connectivity index (χ0v) is 15.9. The summed E-state index contributed by atoms with van der Waals surface area (Å²) in [5.74, 6) is 2.35. The van der Waals surface area contributed by atoms with E-state index in [1.165, 1.54) is 48.8 Å². The Bertz CT molecular complexity index is 677. The Hall–Kier alpha value is -1.58. The molecule has 1 heterocycles. The highest BCUT2D eigenvalue weighted by molar-refractivity contribution is 5.84. The molecule has 0 aliphatic carbocycles. The van der Waals surface area contributed by atoms with Crippen molar-refractivity contribution in [1.29, 1.82) is 0 Å². The van der Waals surface area contributed by atoms with Gasteiger partial charge >= 0.3 is 0 Å². The van der Waals surface area contributed by atoms with Crippen LogP contribution in [0.5, 0.6) is 5.75 Å². The number of methoxy groups -OCH3 is 1. The average Bonchev–Trinajstić information content (AvgIpc) is 2.66. The molecule has 2 aromatic rings. The fraction of sp³-hybridized carbons (Fsp3) is 0.545. The molecule has 1 atom stereocenters. The van der Waals surface area contributed by atoms with Crippen LogP contribution < -0.4 is 10.1 Å². The molecule has 1 aliphatic rings. The summed E-state index contributed by atoms with van der Waals surface area (Å²) < 4.78 is 5.32. The minimum atomic E-state index is 0.566. The molecular weight excluding hydrogens is 308 g/mol. The second-order valence-electron chi connectivity index (χ2n) is 7.43. The summed E-state index contributed by atoms with van der Waals surface area (Å²) in [5, 5.41) is 6.05. The summed E-state index contributed by atoms with van der Waals surface area (Å²) in [6.07, 6.45) is 2.66. The second-order valence-corrected chi connectivity index (χ2v) is 7.43. The van der Waals surface area contributed by atoms with E-state index in [2.05, 4.69) is 54.4 Å². The lowest BCUT2D eigenvalue weighted by Gasteiger charge is -2.33. The van der Waals surface area contributed by atoms with Crippen molar-refractivity contribution in [2.75, 3.05) is 39.8 Å². The predicted octanol–water partition coefficient (Wildman–Crippen LogP) is 4.27. The van der Waals surface area contributed by atoms with Crippen molar-refractivity contribution in [3.8, 4) is 5.75 Å². The number of fused-ring (bicyclic) bond motifs is 1. The average molecular weight is 341 g/mol. The first-order valence-electron chi connectivity index (χ1n) is 9.70. The highest BCUT2D eigenvalue weighted by atomic mass is 16.5. The smallest absolute Gasteiger partial charge is 0.119 e. The summed E-state index contributed by atoms with van der Waals surface area (Å²) in [5.41, 5.74) is 1.44. The maximum Gasteiger partial charge on any atom is 0.119 e. The molecule has 0 bridgehead atoms. The van der Waals surface area contributed by atoms with E-state index in [9.17, 15) is 0 Å². The second kappa shape index (κ2) is 8.68. The van der Waals surface area contributed by atoms with Gasteiger partial charge in [0.15, 0.2) is 0 Å². The third-order valence-corrected chi connectivity index (χ3v) is 5.56. The monoisotopic (exact) mass is 340 g/mol. The van der Waals surface area contributed by atoms with Crippen LogP contribution >= 0.6 is 0 Å². The fourth-order valence-corrected chi connectivity index (χ4v) is 3.89. The van der Waals surface area contributed by atoms with Crippen molar-refractivity contribution in [1.82, 2.24) is 10.2 Å². The van der Waals surface area contributed by atoms with Gasteiger partial charge in [0.05, 0.1) is 7.11 Å². The van der Waals surface area contributed by atoms with Crippen molar-refractivity contribution in [2.45, 2.75) is 32.6 Å². The van der Waals surface area contributed by atoms with Crippen molar-refractivity contribution < 1.29 is 4.74 Å². The Kier molecular flexibility index (Phi) is 6.33. The third-order valence-electron chi connectivity index (χ3n) is 5.56. The van der Waals surface area contributed by atoms with E-state index >= 15 is 0 Å². The zero-order chi connectivity index (χ0) is 17.6. The first-order valence-corrected chi connectivity index (χ1v) is 9.70. The molecule has 0 saturated carbocycles. The number of nitrogens with zero attached hydrogens (tertiary/aromatic N) is 1. The van der Waals surface area contributed by atoms with E-state index in [1.54, 1.807) is 7.11 Å². The lowest BCUT2D eigenvalue weighted by Crippen LogP contribution is -2.38. The van der Waals surface area contributed by atoms with Gasteiger partial charge in [-0.25, -0.2) is 0 Å². The van der Waals surface area contributed by atoms with Crippen LogP contribution in [-0.2, 0) is 0 Å². The Morgan fingerprint density at radius 1 is 1.12 bits per heavy atom. The summed E-state index contributed by atoms with van der Waals surface area (Å²) in [7, 11) is 1.72. The van der Waals surface area contributed by atoms with Gasteiger partial charge in [0, 0.05) is 6.54 Å². The summed E-state index contributed by atoms with van der Waals surface area (Å²) in [6, 6.07) is 13.2. The van der Waals surface area contributed by atoms with Gasteiger partial charge in [-0.2, -0.15) is 0 Å². The summed E-state index contributed by atoms with van der Waals surface area (Å²) >= 11 is 0. The molecule has 3 heteroatoms. The quantitative estimate of drug-likeness (QED) is 0.814. The lowest BCUT2D eigenvalue weighted by molar-refractivity contribution is 0.176. The Morgan fingerprint density at radius 3 is 2.56 bits per heavy atom. The van der Waals surface area contributed by atoms with Crippen molar-refractivity contribution in [3.63, 3.8) is 0 Å². The maximum atomic E-state index is 5.32. The number of hydrogen-bond donors (Lipinski definition) is 1. The largest absolute Gasteiger partial charge is 0.497 e. The van der Waals surface area contributed by atoms with Crippen LogP contribution in [0.25, 0.3) is 10.8 Å². The Balaban J connectivity index is 1.58. The molecule has 0 spiro atoms. The summed E-state index contributed by atoms with van der Waals surface area (Å²) in [6.45, 7) is 10.5. The van der Waals surface area contributed by atoms with E-state index in [0.717, 1.165) is 24.8 Å². The fourth-order valence-electron chi connectivity index (χ4n) is 3.89. The van der Waals surface area contributed by atoms with E-state index in [-0.39, 0.29) is 0 Å². The van der Waals surface area contributed by atoms with Gasteiger partial charge in [0.2, 0.25) is 0 Å². The molecule has 0 aromatic heterocycles. The number of benzene rings is 2. The highest BCUT2D eigenvalue weighted by Gasteiger charge is 2.20. The number of piperidine rings is 1. The molecular formula is C22H32N2O. The van der Waals surface area contributed by atoms with Gasteiger partial charge in [0.25, 0.3) is 0 Å². The first kappa shape index (κ1) is 18.2. The third kappa shape index (κ3) is 4.74. The van der Waals surface area contributed by atoms with Crippen molar-refractivity contribution in [3.05, 3.63) is 42.0 Å². The predicted molar refractivity (Wildman–Crippen MR) is 107 cm³/mol. The Morgan fingerprint density at radius 2 is 1.84 bits per heavy atom.